The highest BCUT2D eigenvalue weighted by Crippen LogP contribution is 2.24. The van der Waals surface area contributed by atoms with Gasteiger partial charge in [0.15, 0.2) is 17.5 Å². The molecule has 1 aromatic heterocycles. The van der Waals surface area contributed by atoms with Crippen LogP contribution in [-0.2, 0) is 0 Å². The Balaban J connectivity index is 1.82. The number of rotatable bonds is 4. The Hall–Kier alpha value is -3.35. The average Bonchev–Trinajstić information content (AvgIpc) is 2.66. The van der Waals surface area contributed by atoms with E-state index in [1.165, 1.54) is 18.5 Å². The van der Waals surface area contributed by atoms with Gasteiger partial charge in [-0.1, -0.05) is 12.1 Å². The molecule has 0 saturated carbocycles. The van der Waals surface area contributed by atoms with E-state index in [0.717, 1.165) is 28.9 Å². The third kappa shape index (κ3) is 3.92. The molecular formula is C20H16F3N3O. The van der Waals surface area contributed by atoms with E-state index in [0.29, 0.717) is 5.69 Å². The monoisotopic (exact) mass is 371 g/mol. The maximum absolute atomic E-state index is 13.7. The van der Waals surface area contributed by atoms with Crippen LogP contribution < -0.4 is 10.6 Å². The lowest BCUT2D eigenvalue weighted by Crippen LogP contribution is -2.14. The van der Waals surface area contributed by atoms with Gasteiger partial charge in [0.2, 0.25) is 0 Å². The number of hydrogen-bond donors (Lipinski definition) is 2. The fraction of sp³-hybridized carbons (Fsp3) is 0.100. The molecule has 0 unspecified atom stereocenters. The zero-order valence-corrected chi connectivity index (χ0v) is 14.6. The molecule has 0 aliphatic rings. The van der Waals surface area contributed by atoms with Crippen molar-refractivity contribution in [3.05, 3.63) is 82.9 Å². The maximum Gasteiger partial charge on any atom is 0.257 e. The SMILES string of the molecule is Cc1cccc(Nc2cncc(C(=O)Nc3ccc(F)c(F)c3F)c2)c1C. The molecule has 1 amide bonds. The van der Waals surface area contributed by atoms with Gasteiger partial charge in [-0.25, -0.2) is 13.2 Å². The molecule has 7 heteroatoms. The van der Waals surface area contributed by atoms with E-state index >= 15 is 0 Å². The summed E-state index contributed by atoms with van der Waals surface area (Å²) in [6, 6.07) is 9.01. The summed E-state index contributed by atoms with van der Waals surface area (Å²) in [6.45, 7) is 3.95. The van der Waals surface area contributed by atoms with E-state index in [9.17, 15) is 18.0 Å². The molecule has 0 saturated heterocycles. The molecule has 0 aliphatic carbocycles. The summed E-state index contributed by atoms with van der Waals surface area (Å²) in [5.41, 5.74) is 3.26. The molecule has 3 aromatic rings. The van der Waals surface area contributed by atoms with E-state index in [-0.39, 0.29) is 5.56 Å². The minimum absolute atomic E-state index is 0.134. The second kappa shape index (κ2) is 7.49. The normalized spacial score (nSPS) is 10.6. The molecule has 3 rings (SSSR count). The Morgan fingerprint density at radius 1 is 0.963 bits per heavy atom. The second-order valence-corrected chi connectivity index (χ2v) is 6.01. The van der Waals surface area contributed by atoms with Gasteiger partial charge in [0, 0.05) is 11.9 Å². The van der Waals surface area contributed by atoms with Crippen molar-refractivity contribution in [2.45, 2.75) is 13.8 Å². The van der Waals surface area contributed by atoms with Gasteiger partial charge in [0.05, 0.1) is 23.1 Å². The lowest BCUT2D eigenvalue weighted by Gasteiger charge is -2.12. The van der Waals surface area contributed by atoms with Gasteiger partial charge < -0.3 is 10.6 Å². The minimum atomic E-state index is -1.64. The lowest BCUT2D eigenvalue weighted by atomic mass is 10.1. The summed E-state index contributed by atoms with van der Waals surface area (Å²) in [5, 5.41) is 5.39. The van der Waals surface area contributed by atoms with Crippen molar-refractivity contribution in [1.29, 1.82) is 0 Å². The van der Waals surface area contributed by atoms with Gasteiger partial charge in [-0.2, -0.15) is 0 Å². The molecule has 4 nitrogen and oxygen atoms in total. The third-order valence-electron chi connectivity index (χ3n) is 4.17. The molecule has 0 spiro atoms. The third-order valence-corrected chi connectivity index (χ3v) is 4.17. The van der Waals surface area contributed by atoms with Crippen molar-refractivity contribution < 1.29 is 18.0 Å². The fourth-order valence-corrected chi connectivity index (χ4v) is 2.49. The highest BCUT2D eigenvalue weighted by molar-refractivity contribution is 6.04. The van der Waals surface area contributed by atoms with Crippen LogP contribution in [0.15, 0.2) is 48.8 Å². The van der Waals surface area contributed by atoms with Crippen LogP contribution in [0.25, 0.3) is 0 Å². The zero-order chi connectivity index (χ0) is 19.6. The summed E-state index contributed by atoms with van der Waals surface area (Å²) in [5.74, 6) is -5.12. The summed E-state index contributed by atoms with van der Waals surface area (Å²) in [6.07, 6.45) is 2.83. The van der Waals surface area contributed by atoms with E-state index in [4.69, 9.17) is 0 Å². The molecule has 0 atom stereocenters. The molecular weight excluding hydrogens is 355 g/mol. The molecule has 0 aliphatic heterocycles. The van der Waals surface area contributed by atoms with Crippen LogP contribution in [0.2, 0.25) is 0 Å². The first kappa shape index (κ1) is 18.4. The molecule has 2 aromatic carbocycles. The number of halogens is 3. The topological polar surface area (TPSA) is 54.0 Å². The lowest BCUT2D eigenvalue weighted by molar-refractivity contribution is 0.102. The Kier molecular flexibility index (Phi) is 5.12. The van der Waals surface area contributed by atoms with E-state index < -0.39 is 29.0 Å². The number of hydrogen-bond acceptors (Lipinski definition) is 3. The zero-order valence-electron chi connectivity index (χ0n) is 14.6. The summed E-state index contributed by atoms with van der Waals surface area (Å²) < 4.78 is 40.0. The van der Waals surface area contributed by atoms with Crippen molar-refractivity contribution in [2.75, 3.05) is 10.6 Å². The van der Waals surface area contributed by atoms with Gasteiger partial charge >= 0.3 is 0 Å². The maximum atomic E-state index is 13.7. The predicted octanol–water partition coefficient (Wildman–Crippen LogP) is 5.11. The summed E-state index contributed by atoms with van der Waals surface area (Å²) in [4.78, 5) is 16.3. The highest BCUT2D eigenvalue weighted by Gasteiger charge is 2.16. The number of amides is 1. The summed E-state index contributed by atoms with van der Waals surface area (Å²) in [7, 11) is 0. The van der Waals surface area contributed by atoms with Gasteiger partial charge in [-0.3, -0.25) is 9.78 Å². The van der Waals surface area contributed by atoms with Crippen molar-refractivity contribution in [3.8, 4) is 0 Å². The highest BCUT2D eigenvalue weighted by atomic mass is 19.2. The van der Waals surface area contributed by atoms with E-state index in [1.54, 1.807) is 0 Å². The van der Waals surface area contributed by atoms with Crippen LogP contribution >= 0.6 is 0 Å². The summed E-state index contributed by atoms with van der Waals surface area (Å²) >= 11 is 0. The number of carbonyl (C=O) groups excluding carboxylic acids is 1. The van der Waals surface area contributed by atoms with Crippen LogP contribution in [0.3, 0.4) is 0 Å². The molecule has 0 fully saturated rings. The number of pyridine rings is 1. The Morgan fingerprint density at radius 3 is 2.52 bits per heavy atom. The van der Waals surface area contributed by atoms with Crippen LogP contribution in [0.4, 0.5) is 30.2 Å². The van der Waals surface area contributed by atoms with E-state index in [2.05, 4.69) is 15.6 Å². The quantitative estimate of drug-likeness (QED) is 0.627. The minimum Gasteiger partial charge on any atom is -0.354 e. The van der Waals surface area contributed by atoms with Crippen LogP contribution in [0, 0.1) is 31.3 Å². The Labute approximate surface area is 154 Å². The Morgan fingerprint density at radius 2 is 1.74 bits per heavy atom. The van der Waals surface area contributed by atoms with Crippen molar-refractivity contribution in [1.82, 2.24) is 4.98 Å². The van der Waals surface area contributed by atoms with Gasteiger partial charge in [0.25, 0.3) is 5.91 Å². The first-order valence-corrected chi connectivity index (χ1v) is 8.10. The fourth-order valence-electron chi connectivity index (χ4n) is 2.49. The smallest absolute Gasteiger partial charge is 0.257 e. The first-order valence-electron chi connectivity index (χ1n) is 8.10. The molecule has 138 valence electrons. The van der Waals surface area contributed by atoms with Crippen molar-refractivity contribution in [2.24, 2.45) is 0 Å². The average molecular weight is 371 g/mol. The second-order valence-electron chi connectivity index (χ2n) is 6.01. The van der Waals surface area contributed by atoms with E-state index in [1.807, 2.05) is 32.0 Å². The molecule has 0 bridgehead atoms. The van der Waals surface area contributed by atoms with Gasteiger partial charge in [-0.05, 0) is 49.2 Å². The number of aromatic nitrogens is 1. The molecule has 2 N–H and O–H groups in total. The number of aryl methyl sites for hydroxylation is 1. The standard InChI is InChI=1S/C20H16F3N3O/c1-11-4-3-5-16(12(11)2)25-14-8-13(9-24-10-14)20(27)26-17-7-6-15(21)18(22)19(17)23/h3-10,25H,1-2H3,(H,26,27). The van der Waals surface area contributed by atoms with Crippen LogP contribution in [0.1, 0.15) is 21.5 Å². The van der Waals surface area contributed by atoms with Crippen LogP contribution in [0.5, 0.6) is 0 Å². The molecule has 27 heavy (non-hydrogen) atoms. The predicted molar refractivity (Wildman–Crippen MR) is 97.7 cm³/mol. The van der Waals surface area contributed by atoms with Crippen molar-refractivity contribution >= 4 is 23.0 Å². The number of nitrogens with zero attached hydrogens (tertiary/aromatic N) is 1. The first-order chi connectivity index (χ1) is 12.9. The van der Waals surface area contributed by atoms with Gasteiger partial charge in [0.1, 0.15) is 0 Å². The largest absolute Gasteiger partial charge is 0.354 e. The number of benzene rings is 2. The molecule has 0 radical (unpaired) electrons. The number of anilines is 3. The molecule has 1 heterocycles. The number of carbonyl (C=O) groups is 1. The van der Waals surface area contributed by atoms with Crippen LogP contribution in [-0.4, -0.2) is 10.9 Å². The van der Waals surface area contributed by atoms with Crippen molar-refractivity contribution in [3.63, 3.8) is 0 Å². The van der Waals surface area contributed by atoms with Gasteiger partial charge in [-0.15, -0.1) is 0 Å². The Bertz CT molecular complexity index is 1020. The number of nitrogens with one attached hydrogen (secondary N) is 2.